The summed E-state index contributed by atoms with van der Waals surface area (Å²) in [7, 11) is 0. The maximum atomic E-state index is 15.4. The number of benzene rings is 1. The Hall–Kier alpha value is -2.72. The molecule has 1 aromatic rings. The molecule has 4 aliphatic heterocycles. The topological polar surface area (TPSA) is 105 Å². The molecule has 0 aromatic heterocycles. The van der Waals surface area contributed by atoms with Crippen LogP contribution in [-0.4, -0.2) is 90.2 Å². The van der Waals surface area contributed by atoms with Gasteiger partial charge in [0, 0.05) is 43.2 Å². The van der Waals surface area contributed by atoms with E-state index in [4.69, 9.17) is 15.2 Å². The number of primary amides is 1. The number of hydrogen-bond donors (Lipinski definition) is 1. The summed E-state index contributed by atoms with van der Waals surface area (Å²) in [5.41, 5.74) is 6.26. The third-order valence-corrected chi connectivity index (χ3v) is 9.92. The number of halogens is 1. The summed E-state index contributed by atoms with van der Waals surface area (Å²) < 4.78 is 26.4. The first-order valence-corrected chi connectivity index (χ1v) is 15.2. The van der Waals surface area contributed by atoms with E-state index in [2.05, 4.69) is 9.80 Å². The van der Waals surface area contributed by atoms with Crippen LogP contribution < -0.4 is 10.6 Å². The number of Topliss-reactive ketones (excluding diaryl/α,β-unsaturated/α-hetero) is 1. The SMILES string of the molecule is CC(C)(C)OC(=O)N1[C@@H]2CC[C@@H](C2)[C@H]1C(=O)C[C@@H](Cc1ccc(N2CC3CCN(C4COC4)C3C2)cc1F)C(N)=O. The van der Waals surface area contributed by atoms with Crippen LogP contribution in [0, 0.1) is 23.6 Å². The molecule has 4 heterocycles. The van der Waals surface area contributed by atoms with Crippen molar-refractivity contribution in [1.82, 2.24) is 9.80 Å². The predicted octanol–water partition coefficient (Wildman–Crippen LogP) is 3.13. The Morgan fingerprint density at radius 3 is 2.54 bits per heavy atom. The Kier molecular flexibility index (Phi) is 7.51. The minimum Gasteiger partial charge on any atom is -0.444 e. The molecule has 9 nitrogen and oxygen atoms in total. The lowest BCUT2D eigenvalue weighted by molar-refractivity contribution is -0.131. The molecule has 1 aromatic carbocycles. The lowest BCUT2D eigenvalue weighted by atomic mass is 9.87. The molecule has 5 fully saturated rings. The van der Waals surface area contributed by atoms with Crippen LogP contribution in [0.3, 0.4) is 0 Å². The predicted molar refractivity (Wildman–Crippen MR) is 151 cm³/mol. The first-order chi connectivity index (χ1) is 19.5. The summed E-state index contributed by atoms with van der Waals surface area (Å²) in [5, 5.41) is 0. The number of ketones is 1. The van der Waals surface area contributed by atoms with Crippen LogP contribution in [0.2, 0.25) is 0 Å². The van der Waals surface area contributed by atoms with E-state index in [1.807, 2.05) is 6.07 Å². The van der Waals surface area contributed by atoms with Crippen LogP contribution >= 0.6 is 0 Å². The number of nitrogens with two attached hydrogens (primary N) is 1. The van der Waals surface area contributed by atoms with Crippen molar-refractivity contribution in [2.75, 3.05) is 37.7 Å². The third-order valence-electron chi connectivity index (χ3n) is 9.92. The monoisotopic (exact) mass is 570 g/mol. The van der Waals surface area contributed by atoms with Gasteiger partial charge in [-0.2, -0.15) is 0 Å². The summed E-state index contributed by atoms with van der Waals surface area (Å²) in [5.74, 6) is -1.45. The normalized spacial score (nSPS) is 30.4. The molecule has 6 atom stereocenters. The Labute approximate surface area is 241 Å². The van der Waals surface area contributed by atoms with Crippen LogP contribution in [-0.2, 0) is 25.5 Å². The van der Waals surface area contributed by atoms with Gasteiger partial charge in [0.05, 0.1) is 25.3 Å². The van der Waals surface area contributed by atoms with Crippen molar-refractivity contribution >= 4 is 23.5 Å². The number of piperidine rings is 1. The molecular weight excluding hydrogens is 527 g/mol. The largest absolute Gasteiger partial charge is 0.444 e. The lowest BCUT2D eigenvalue weighted by Gasteiger charge is -2.38. The minimum absolute atomic E-state index is 0.0277. The molecule has 1 aliphatic carbocycles. The van der Waals surface area contributed by atoms with Crippen molar-refractivity contribution in [3.8, 4) is 0 Å². The van der Waals surface area contributed by atoms with Gasteiger partial charge in [0.25, 0.3) is 0 Å². The highest BCUT2D eigenvalue weighted by molar-refractivity contribution is 5.92. The molecule has 4 saturated heterocycles. The maximum absolute atomic E-state index is 15.4. The van der Waals surface area contributed by atoms with Gasteiger partial charge in [0.1, 0.15) is 11.4 Å². The van der Waals surface area contributed by atoms with E-state index in [0.717, 1.165) is 64.2 Å². The zero-order valence-electron chi connectivity index (χ0n) is 24.4. The van der Waals surface area contributed by atoms with E-state index >= 15 is 4.39 Å². The van der Waals surface area contributed by atoms with Gasteiger partial charge in [-0.3, -0.25) is 19.4 Å². The highest BCUT2D eigenvalue weighted by Gasteiger charge is 2.52. The molecule has 0 radical (unpaired) electrons. The summed E-state index contributed by atoms with van der Waals surface area (Å²) in [4.78, 5) is 45.4. The summed E-state index contributed by atoms with van der Waals surface area (Å²) in [6.45, 7) is 9.89. The van der Waals surface area contributed by atoms with Crippen molar-refractivity contribution in [1.29, 1.82) is 0 Å². The number of amides is 2. The molecule has 41 heavy (non-hydrogen) atoms. The Morgan fingerprint density at radius 2 is 1.88 bits per heavy atom. The first kappa shape index (κ1) is 28.4. The van der Waals surface area contributed by atoms with E-state index in [1.165, 1.54) is 0 Å². The maximum Gasteiger partial charge on any atom is 0.411 e. The van der Waals surface area contributed by atoms with Crippen molar-refractivity contribution < 1.29 is 28.2 Å². The van der Waals surface area contributed by atoms with Gasteiger partial charge in [-0.25, -0.2) is 9.18 Å². The van der Waals surface area contributed by atoms with E-state index in [9.17, 15) is 14.4 Å². The standard InChI is InChI=1S/C31H43FN4O5/c1-31(2,3)41-30(39)36-23-7-5-19(11-23)28(36)27(37)12-21(29(33)38)10-18-4-6-22(13-25(18)32)34-14-20-8-9-35(26(20)15-34)24-16-40-17-24/h4,6,13,19-21,23-24,26,28H,5,7-12,14-17H2,1-3H3,(H2,33,38)/t19-,20?,21+,23+,26?,28-/m0/s1. The molecule has 0 spiro atoms. The Morgan fingerprint density at radius 1 is 1.10 bits per heavy atom. The second-order valence-electron chi connectivity index (χ2n) is 13.8. The smallest absolute Gasteiger partial charge is 0.411 e. The highest BCUT2D eigenvalue weighted by Crippen LogP contribution is 2.44. The van der Waals surface area contributed by atoms with Crippen molar-refractivity contribution in [3.63, 3.8) is 0 Å². The van der Waals surface area contributed by atoms with Crippen LogP contribution in [0.1, 0.15) is 58.4 Å². The van der Waals surface area contributed by atoms with Gasteiger partial charge in [0.2, 0.25) is 5.91 Å². The molecule has 5 aliphatic rings. The quantitative estimate of drug-likeness (QED) is 0.512. The molecular formula is C31H43FN4O5. The van der Waals surface area contributed by atoms with Gasteiger partial charge >= 0.3 is 6.09 Å². The van der Waals surface area contributed by atoms with E-state index < -0.39 is 35.4 Å². The second kappa shape index (κ2) is 10.8. The number of carbonyl (C=O) groups is 3. The van der Waals surface area contributed by atoms with Gasteiger partial charge in [-0.15, -0.1) is 0 Å². The number of likely N-dealkylation sites (tertiary alicyclic amines) is 2. The van der Waals surface area contributed by atoms with Gasteiger partial charge in [-0.05, 0) is 89.0 Å². The van der Waals surface area contributed by atoms with E-state index in [0.29, 0.717) is 23.6 Å². The second-order valence-corrected chi connectivity index (χ2v) is 13.8. The van der Waals surface area contributed by atoms with Crippen LogP contribution in [0.25, 0.3) is 0 Å². The highest BCUT2D eigenvalue weighted by atomic mass is 19.1. The van der Waals surface area contributed by atoms with Crippen molar-refractivity contribution in [3.05, 3.63) is 29.6 Å². The lowest BCUT2D eigenvalue weighted by Crippen LogP contribution is -2.52. The number of ether oxygens (including phenoxy) is 2. The fourth-order valence-corrected chi connectivity index (χ4v) is 7.85. The number of hydrogen-bond acceptors (Lipinski definition) is 7. The van der Waals surface area contributed by atoms with Crippen molar-refractivity contribution in [2.45, 2.75) is 89.1 Å². The van der Waals surface area contributed by atoms with Crippen LogP contribution in [0.5, 0.6) is 0 Å². The summed E-state index contributed by atoms with van der Waals surface area (Å²) >= 11 is 0. The fraction of sp³-hybridized carbons (Fsp3) is 0.710. The molecule has 224 valence electrons. The number of fused-ring (bicyclic) bond motifs is 3. The summed E-state index contributed by atoms with van der Waals surface area (Å²) in [6.07, 6.45) is 3.05. The van der Waals surface area contributed by atoms with Gasteiger partial charge < -0.3 is 20.1 Å². The van der Waals surface area contributed by atoms with Crippen molar-refractivity contribution in [2.24, 2.45) is 23.5 Å². The van der Waals surface area contributed by atoms with Gasteiger partial charge in [0.15, 0.2) is 5.78 Å². The summed E-state index contributed by atoms with van der Waals surface area (Å²) in [6, 6.07) is 5.51. The first-order valence-electron chi connectivity index (χ1n) is 15.2. The fourth-order valence-electron chi connectivity index (χ4n) is 7.85. The molecule has 2 bridgehead atoms. The number of carbonyl (C=O) groups excluding carboxylic acids is 3. The average molecular weight is 571 g/mol. The minimum atomic E-state index is -0.855. The Balaban J connectivity index is 1.11. The number of anilines is 1. The van der Waals surface area contributed by atoms with Crippen LogP contribution in [0.4, 0.5) is 14.9 Å². The van der Waals surface area contributed by atoms with E-state index in [1.54, 1.807) is 37.8 Å². The molecule has 2 N–H and O–H groups in total. The molecule has 1 saturated carbocycles. The number of nitrogens with zero attached hydrogens (tertiary/aromatic N) is 3. The van der Waals surface area contributed by atoms with E-state index in [-0.39, 0.29) is 30.6 Å². The molecule has 10 heteroatoms. The Bertz CT molecular complexity index is 1200. The van der Waals surface area contributed by atoms with Gasteiger partial charge in [-0.1, -0.05) is 6.07 Å². The molecule has 6 rings (SSSR count). The molecule has 2 unspecified atom stereocenters. The zero-order chi connectivity index (χ0) is 29.1. The van der Waals surface area contributed by atoms with Crippen LogP contribution in [0.15, 0.2) is 18.2 Å². The molecule has 2 amide bonds. The average Bonchev–Trinajstić information content (AvgIpc) is 3.64. The third kappa shape index (κ3) is 5.57. The zero-order valence-corrected chi connectivity index (χ0v) is 24.4. The number of rotatable bonds is 8.